The summed E-state index contributed by atoms with van der Waals surface area (Å²) in [7, 11) is 0. The number of aromatic nitrogens is 4. The predicted octanol–water partition coefficient (Wildman–Crippen LogP) is 3.61. The number of ketones is 1. The van der Waals surface area contributed by atoms with Crippen molar-refractivity contribution in [2.45, 2.75) is 51.8 Å². The van der Waals surface area contributed by atoms with Crippen molar-refractivity contribution in [2.75, 3.05) is 12.9 Å². The number of carbonyl (C=O) groups excluding carboxylic acids is 2. The molecule has 0 saturated carbocycles. The Labute approximate surface area is 185 Å². The number of fused-ring (bicyclic) bond motifs is 1. The zero-order valence-electron chi connectivity index (χ0n) is 18.3. The highest BCUT2D eigenvalue weighted by molar-refractivity contribution is 7.98. The predicted molar refractivity (Wildman–Crippen MR) is 118 cm³/mol. The van der Waals surface area contributed by atoms with Crippen LogP contribution < -0.4 is 4.74 Å². The molecule has 0 N–H and O–H groups in total. The number of ether oxygens (including phenoxy) is 2. The highest BCUT2D eigenvalue weighted by Gasteiger charge is 2.21. The van der Waals surface area contributed by atoms with Gasteiger partial charge in [-0.25, -0.2) is 9.50 Å². The lowest BCUT2D eigenvalue weighted by molar-refractivity contribution is -0.146. The largest absolute Gasteiger partial charge is 0.494 e. The molecule has 0 saturated heterocycles. The van der Waals surface area contributed by atoms with Crippen LogP contribution in [-0.2, 0) is 16.0 Å². The van der Waals surface area contributed by atoms with Gasteiger partial charge in [-0.15, -0.1) is 5.10 Å². The molecule has 3 rings (SSSR count). The van der Waals surface area contributed by atoms with Gasteiger partial charge in [-0.3, -0.25) is 9.59 Å². The second-order valence-electron chi connectivity index (χ2n) is 7.03. The molecule has 1 atom stereocenters. The van der Waals surface area contributed by atoms with Crippen molar-refractivity contribution >= 4 is 29.3 Å². The fourth-order valence-corrected chi connectivity index (χ4v) is 3.63. The molecule has 0 unspecified atom stereocenters. The van der Waals surface area contributed by atoms with Crippen molar-refractivity contribution < 1.29 is 19.1 Å². The molecule has 0 bridgehead atoms. The first kappa shape index (κ1) is 22.7. The van der Waals surface area contributed by atoms with E-state index in [1.165, 1.54) is 11.8 Å². The molecular weight excluding hydrogens is 416 g/mol. The van der Waals surface area contributed by atoms with Gasteiger partial charge in [0.05, 0.1) is 6.61 Å². The van der Waals surface area contributed by atoms with Gasteiger partial charge in [-0.1, -0.05) is 11.8 Å². The van der Waals surface area contributed by atoms with E-state index in [1.54, 1.807) is 35.7 Å². The summed E-state index contributed by atoms with van der Waals surface area (Å²) in [4.78, 5) is 33.8. The summed E-state index contributed by atoms with van der Waals surface area (Å²) in [5.74, 6) is 0.547. The van der Waals surface area contributed by atoms with Crippen LogP contribution in [0.3, 0.4) is 0 Å². The van der Waals surface area contributed by atoms with Crippen LogP contribution in [0.15, 0.2) is 29.4 Å². The maximum atomic E-state index is 12.6. The number of aryl methyl sites for hydroxylation is 2. The van der Waals surface area contributed by atoms with Gasteiger partial charge in [-0.05, 0) is 70.2 Å². The first-order valence-electron chi connectivity index (χ1n) is 10.1. The van der Waals surface area contributed by atoms with Crippen molar-refractivity contribution in [2.24, 2.45) is 0 Å². The maximum absolute atomic E-state index is 12.6. The second-order valence-corrected chi connectivity index (χ2v) is 7.80. The number of hydrogen-bond donors (Lipinski definition) is 0. The number of nitrogens with zero attached hydrogens (tertiary/aromatic N) is 4. The fourth-order valence-electron chi connectivity index (χ4n) is 3.29. The van der Waals surface area contributed by atoms with Gasteiger partial charge < -0.3 is 9.47 Å². The number of Topliss-reactive ketones (excluding diaryl/α,β-unsaturated/α-hetero) is 1. The molecule has 0 aliphatic heterocycles. The van der Waals surface area contributed by atoms with E-state index in [0.717, 1.165) is 17.0 Å². The second kappa shape index (κ2) is 9.91. The van der Waals surface area contributed by atoms with E-state index >= 15 is 0 Å². The van der Waals surface area contributed by atoms with E-state index in [-0.39, 0.29) is 12.2 Å². The Morgan fingerprint density at radius 1 is 1.16 bits per heavy atom. The number of esters is 1. The van der Waals surface area contributed by atoms with Crippen molar-refractivity contribution in [1.82, 2.24) is 19.6 Å². The lowest BCUT2D eigenvalue weighted by atomic mass is 10.1. The Hall–Kier alpha value is -2.94. The van der Waals surface area contributed by atoms with Crippen molar-refractivity contribution in [3.05, 3.63) is 46.8 Å². The van der Waals surface area contributed by atoms with Crippen LogP contribution in [0.2, 0.25) is 0 Å². The quantitative estimate of drug-likeness (QED) is 0.282. The molecule has 31 heavy (non-hydrogen) atoms. The van der Waals surface area contributed by atoms with Crippen molar-refractivity contribution in [3.8, 4) is 5.75 Å². The molecule has 1 aromatic carbocycles. The Morgan fingerprint density at radius 3 is 2.52 bits per heavy atom. The summed E-state index contributed by atoms with van der Waals surface area (Å²) in [5.41, 5.74) is 3.09. The van der Waals surface area contributed by atoms with E-state index in [2.05, 4.69) is 15.1 Å². The zero-order chi connectivity index (χ0) is 22.5. The molecule has 0 aliphatic carbocycles. The molecule has 0 amide bonds. The van der Waals surface area contributed by atoms with E-state index in [0.29, 0.717) is 35.3 Å². The molecule has 3 aromatic rings. The number of rotatable bonds is 9. The summed E-state index contributed by atoms with van der Waals surface area (Å²) >= 11 is 1.45. The van der Waals surface area contributed by atoms with Crippen LogP contribution in [0.25, 0.3) is 5.78 Å². The maximum Gasteiger partial charge on any atom is 0.306 e. The van der Waals surface area contributed by atoms with Gasteiger partial charge in [0.2, 0.25) is 10.9 Å². The number of carbonyl (C=O) groups is 2. The lowest BCUT2D eigenvalue weighted by Crippen LogP contribution is -2.24. The first-order chi connectivity index (χ1) is 14.8. The van der Waals surface area contributed by atoms with Gasteiger partial charge in [0.1, 0.15) is 5.75 Å². The van der Waals surface area contributed by atoms with Gasteiger partial charge in [0, 0.05) is 23.4 Å². The normalized spacial score (nSPS) is 12.0. The molecule has 0 radical (unpaired) electrons. The van der Waals surface area contributed by atoms with Gasteiger partial charge in [0.15, 0.2) is 6.10 Å². The highest BCUT2D eigenvalue weighted by Crippen LogP contribution is 2.19. The third-order valence-electron chi connectivity index (χ3n) is 4.92. The molecule has 9 heteroatoms. The average molecular weight is 443 g/mol. The molecule has 2 heterocycles. The third kappa shape index (κ3) is 5.22. The van der Waals surface area contributed by atoms with Crippen LogP contribution in [-0.4, -0.2) is 50.3 Å². The highest BCUT2D eigenvalue weighted by atomic mass is 32.2. The monoisotopic (exact) mass is 442 g/mol. The van der Waals surface area contributed by atoms with E-state index in [4.69, 9.17) is 9.47 Å². The molecule has 0 aliphatic rings. The summed E-state index contributed by atoms with van der Waals surface area (Å²) in [5, 5.41) is 5.07. The minimum atomic E-state index is -0.868. The topological polar surface area (TPSA) is 95.7 Å². The van der Waals surface area contributed by atoms with Crippen LogP contribution >= 0.6 is 11.8 Å². The Kier molecular flexibility index (Phi) is 7.27. The fraction of sp³-hybridized carbons (Fsp3) is 0.409. The van der Waals surface area contributed by atoms with Gasteiger partial charge in [0.25, 0.3) is 5.78 Å². The van der Waals surface area contributed by atoms with Gasteiger partial charge >= 0.3 is 5.97 Å². The summed E-state index contributed by atoms with van der Waals surface area (Å²) in [6, 6.07) is 6.80. The van der Waals surface area contributed by atoms with Crippen molar-refractivity contribution in [1.29, 1.82) is 0 Å². The zero-order valence-corrected chi connectivity index (χ0v) is 19.2. The first-order valence-corrected chi connectivity index (χ1v) is 11.3. The van der Waals surface area contributed by atoms with Crippen molar-refractivity contribution in [3.63, 3.8) is 0 Å². The van der Waals surface area contributed by atoms with Gasteiger partial charge in [-0.2, -0.15) is 4.98 Å². The summed E-state index contributed by atoms with van der Waals surface area (Å²) < 4.78 is 12.4. The van der Waals surface area contributed by atoms with Crippen LogP contribution in [0.4, 0.5) is 0 Å². The Bertz CT molecular complexity index is 1100. The van der Waals surface area contributed by atoms with E-state index < -0.39 is 12.1 Å². The number of thioether (sulfide) groups is 1. The third-order valence-corrected chi connectivity index (χ3v) is 5.46. The Balaban J connectivity index is 1.62. The molecule has 164 valence electrons. The summed E-state index contributed by atoms with van der Waals surface area (Å²) in [6.45, 7) is 7.85. The Morgan fingerprint density at radius 2 is 1.87 bits per heavy atom. The van der Waals surface area contributed by atoms with Crippen LogP contribution in [0.1, 0.15) is 47.6 Å². The standard InChI is InChI=1S/C22H26N4O4S/c1-6-29-17-9-7-16(8-10-17)20(28)15(4)30-19(27)12-11-18-13(2)23-21-24-22(31-5)25-26(21)14(18)3/h7-10,15H,6,11-12H2,1-5H3/t15-/m1/s1. The molecule has 2 aromatic heterocycles. The molecular formula is C22H26N4O4S. The van der Waals surface area contributed by atoms with E-state index in [9.17, 15) is 9.59 Å². The number of hydrogen-bond acceptors (Lipinski definition) is 8. The van der Waals surface area contributed by atoms with E-state index in [1.807, 2.05) is 27.0 Å². The van der Waals surface area contributed by atoms with Crippen LogP contribution in [0, 0.1) is 13.8 Å². The molecule has 0 spiro atoms. The summed E-state index contributed by atoms with van der Waals surface area (Å²) in [6.07, 6.45) is 1.62. The minimum absolute atomic E-state index is 0.139. The molecule has 0 fully saturated rings. The smallest absolute Gasteiger partial charge is 0.306 e. The average Bonchev–Trinajstić information content (AvgIpc) is 3.17. The number of benzene rings is 1. The minimum Gasteiger partial charge on any atom is -0.494 e. The lowest BCUT2D eigenvalue weighted by Gasteiger charge is -2.14. The van der Waals surface area contributed by atoms with Crippen LogP contribution in [0.5, 0.6) is 5.75 Å². The SMILES string of the molecule is CCOc1ccc(C(=O)[C@@H](C)OC(=O)CCc2c(C)nc3nc(SC)nn3c2C)cc1. The molecule has 8 nitrogen and oxygen atoms in total.